The average Bonchev–Trinajstić information content (AvgIpc) is 1.99. The Kier molecular flexibility index (Phi) is 5.70. The molecule has 0 saturated heterocycles. The molecular formula is C9H19O. The number of rotatable bonds is 5. The molecule has 0 saturated carbocycles. The maximum absolute atomic E-state index is 10.4. The molecule has 0 amide bonds. The largest absolute Gasteiger partial charge is 0.236 e. The van der Waals surface area contributed by atoms with Gasteiger partial charge in [0.25, 0.3) is 0 Å². The van der Waals surface area contributed by atoms with Crippen molar-refractivity contribution >= 4 is 0 Å². The fourth-order valence-corrected chi connectivity index (χ4v) is 1.26. The van der Waals surface area contributed by atoms with Crippen LogP contribution in [-0.2, 0) is 5.11 Å². The van der Waals surface area contributed by atoms with Gasteiger partial charge in [-0.3, -0.25) is 0 Å². The summed E-state index contributed by atoms with van der Waals surface area (Å²) in [5.74, 6) is 1.16. The molecule has 10 heavy (non-hydrogen) atoms. The minimum Gasteiger partial charge on any atom is -0.236 e. The molecule has 0 fully saturated rings. The lowest BCUT2D eigenvalue weighted by molar-refractivity contribution is 0.136. The van der Waals surface area contributed by atoms with E-state index in [1.54, 1.807) is 0 Å². The molecule has 1 unspecified atom stereocenters. The molecule has 0 spiro atoms. The van der Waals surface area contributed by atoms with E-state index in [0.29, 0.717) is 5.92 Å². The van der Waals surface area contributed by atoms with Gasteiger partial charge in [-0.2, -0.15) is 0 Å². The maximum atomic E-state index is 10.4. The first kappa shape index (κ1) is 9.96. The van der Waals surface area contributed by atoms with Crippen LogP contribution >= 0.6 is 0 Å². The second kappa shape index (κ2) is 5.72. The van der Waals surface area contributed by atoms with E-state index < -0.39 is 0 Å². The number of hydrogen-bond donors (Lipinski definition) is 0. The van der Waals surface area contributed by atoms with Crippen molar-refractivity contribution in [1.29, 1.82) is 0 Å². The predicted octanol–water partition coefficient (Wildman–Crippen LogP) is 2.88. The van der Waals surface area contributed by atoms with Gasteiger partial charge in [-0.15, -0.1) is 0 Å². The summed E-state index contributed by atoms with van der Waals surface area (Å²) < 4.78 is 0. The van der Waals surface area contributed by atoms with Crippen molar-refractivity contribution in [1.82, 2.24) is 0 Å². The minimum absolute atomic E-state index is 0.0938. The van der Waals surface area contributed by atoms with Crippen molar-refractivity contribution in [2.75, 3.05) is 6.61 Å². The van der Waals surface area contributed by atoms with Crippen LogP contribution in [-0.4, -0.2) is 6.61 Å². The highest BCUT2D eigenvalue weighted by Gasteiger charge is 2.08. The second-order valence-electron chi connectivity index (χ2n) is 3.19. The zero-order valence-electron chi connectivity index (χ0n) is 7.39. The lowest BCUT2D eigenvalue weighted by Crippen LogP contribution is -2.07. The summed E-state index contributed by atoms with van der Waals surface area (Å²) in [6, 6.07) is 0. The third-order valence-electron chi connectivity index (χ3n) is 2.17. The summed E-state index contributed by atoms with van der Waals surface area (Å²) in [5.41, 5.74) is 0. The van der Waals surface area contributed by atoms with Crippen LogP contribution in [0.25, 0.3) is 0 Å². The Hall–Kier alpha value is -0.0400. The monoisotopic (exact) mass is 143 g/mol. The smallest absolute Gasteiger partial charge is 0.0847 e. The quantitative estimate of drug-likeness (QED) is 0.564. The zero-order chi connectivity index (χ0) is 7.98. The highest BCUT2D eigenvalue weighted by atomic mass is 16.3. The summed E-state index contributed by atoms with van der Waals surface area (Å²) in [6.07, 6.45) is 3.57. The molecule has 0 aliphatic heterocycles. The van der Waals surface area contributed by atoms with Gasteiger partial charge in [-0.25, -0.2) is 5.11 Å². The molecule has 0 rings (SSSR count). The zero-order valence-corrected chi connectivity index (χ0v) is 7.39. The van der Waals surface area contributed by atoms with Gasteiger partial charge in [0.1, 0.15) is 0 Å². The van der Waals surface area contributed by atoms with Crippen molar-refractivity contribution in [3.63, 3.8) is 0 Å². The molecule has 0 aliphatic rings. The van der Waals surface area contributed by atoms with Gasteiger partial charge < -0.3 is 0 Å². The third kappa shape index (κ3) is 3.89. The highest BCUT2D eigenvalue weighted by Crippen LogP contribution is 2.17. The Morgan fingerprint density at radius 2 is 1.70 bits per heavy atom. The summed E-state index contributed by atoms with van der Waals surface area (Å²) in [4.78, 5) is 0. The second-order valence-corrected chi connectivity index (χ2v) is 3.19. The Labute approximate surface area is 64.5 Å². The van der Waals surface area contributed by atoms with Gasteiger partial charge in [-0.1, -0.05) is 33.6 Å². The molecule has 1 atom stereocenters. The van der Waals surface area contributed by atoms with Crippen LogP contribution in [0, 0.1) is 11.8 Å². The molecule has 0 aromatic heterocycles. The average molecular weight is 143 g/mol. The predicted molar refractivity (Wildman–Crippen MR) is 43.4 cm³/mol. The molecule has 1 nitrogen and oxygen atoms in total. The molecule has 0 N–H and O–H groups in total. The Morgan fingerprint density at radius 1 is 1.20 bits per heavy atom. The number of hydrogen-bond acceptors (Lipinski definition) is 0. The fraction of sp³-hybridized carbons (Fsp3) is 1.00. The molecule has 1 heteroatoms. The van der Waals surface area contributed by atoms with Crippen molar-refractivity contribution in [3.05, 3.63) is 0 Å². The van der Waals surface area contributed by atoms with Crippen LogP contribution in [0.1, 0.15) is 40.0 Å². The van der Waals surface area contributed by atoms with Crippen LogP contribution in [0.15, 0.2) is 0 Å². The molecule has 0 aliphatic carbocycles. The van der Waals surface area contributed by atoms with Crippen LogP contribution in [0.5, 0.6) is 0 Å². The normalized spacial score (nSPS) is 14.1. The standard InChI is InChI=1S/C9H19O/c1-4-9(5-2)6-8(3)7-10/h8-9H,4-7H2,1-3H3. The molecule has 61 valence electrons. The van der Waals surface area contributed by atoms with Gasteiger partial charge in [0, 0.05) is 0 Å². The van der Waals surface area contributed by atoms with E-state index in [9.17, 15) is 5.11 Å². The van der Waals surface area contributed by atoms with E-state index in [1.165, 1.54) is 12.8 Å². The van der Waals surface area contributed by atoms with Gasteiger partial charge in [0.15, 0.2) is 0 Å². The van der Waals surface area contributed by atoms with Gasteiger partial charge in [0.2, 0.25) is 0 Å². The maximum Gasteiger partial charge on any atom is 0.0847 e. The van der Waals surface area contributed by atoms with E-state index in [1.807, 2.05) is 6.92 Å². The Morgan fingerprint density at radius 3 is 2.00 bits per heavy atom. The fourth-order valence-electron chi connectivity index (χ4n) is 1.26. The highest BCUT2D eigenvalue weighted by molar-refractivity contribution is 4.59. The van der Waals surface area contributed by atoms with Crippen molar-refractivity contribution < 1.29 is 5.11 Å². The van der Waals surface area contributed by atoms with E-state index in [4.69, 9.17) is 0 Å². The first-order valence-electron chi connectivity index (χ1n) is 4.32. The van der Waals surface area contributed by atoms with Crippen LogP contribution in [0.4, 0.5) is 0 Å². The summed E-state index contributed by atoms with van der Waals surface area (Å²) in [6.45, 7) is 6.54. The van der Waals surface area contributed by atoms with E-state index in [0.717, 1.165) is 12.3 Å². The minimum atomic E-state index is 0.0938. The first-order valence-corrected chi connectivity index (χ1v) is 4.32. The van der Waals surface area contributed by atoms with Crippen LogP contribution < -0.4 is 0 Å². The van der Waals surface area contributed by atoms with Crippen molar-refractivity contribution in [2.45, 2.75) is 40.0 Å². The molecule has 0 aromatic carbocycles. The summed E-state index contributed by atoms with van der Waals surface area (Å²) >= 11 is 0. The molecule has 1 radical (unpaired) electrons. The summed E-state index contributed by atoms with van der Waals surface area (Å²) in [5, 5.41) is 10.4. The van der Waals surface area contributed by atoms with Gasteiger partial charge in [0.05, 0.1) is 6.61 Å². The lowest BCUT2D eigenvalue weighted by Gasteiger charge is -2.14. The first-order chi connectivity index (χ1) is 4.74. The van der Waals surface area contributed by atoms with E-state index in [2.05, 4.69) is 13.8 Å². The van der Waals surface area contributed by atoms with Gasteiger partial charge >= 0.3 is 0 Å². The molecule has 0 heterocycles. The van der Waals surface area contributed by atoms with Crippen LogP contribution in [0.3, 0.4) is 0 Å². The lowest BCUT2D eigenvalue weighted by atomic mass is 9.92. The Balaban J connectivity index is 3.41. The van der Waals surface area contributed by atoms with E-state index in [-0.39, 0.29) is 6.61 Å². The van der Waals surface area contributed by atoms with Gasteiger partial charge in [-0.05, 0) is 18.3 Å². The molecule has 0 aromatic rings. The summed E-state index contributed by atoms with van der Waals surface area (Å²) in [7, 11) is 0. The van der Waals surface area contributed by atoms with Crippen LogP contribution in [0.2, 0.25) is 0 Å². The third-order valence-corrected chi connectivity index (χ3v) is 2.17. The SMILES string of the molecule is CCC(CC)CC(C)C[O]. The molecular weight excluding hydrogens is 124 g/mol. The van der Waals surface area contributed by atoms with Crippen molar-refractivity contribution in [3.8, 4) is 0 Å². The van der Waals surface area contributed by atoms with Crippen molar-refractivity contribution in [2.24, 2.45) is 11.8 Å². The van der Waals surface area contributed by atoms with E-state index >= 15 is 0 Å². The Bertz CT molecular complexity index is 67.1. The topological polar surface area (TPSA) is 19.9 Å². The molecule has 0 bridgehead atoms.